The van der Waals surface area contributed by atoms with Crippen molar-refractivity contribution in [2.24, 2.45) is 17.3 Å². The highest BCUT2D eigenvalue weighted by atomic mass is 16.6. The zero-order valence-corrected chi connectivity index (χ0v) is 12.0. The van der Waals surface area contributed by atoms with E-state index in [2.05, 4.69) is 34.6 Å². The first-order valence-corrected chi connectivity index (χ1v) is 7.27. The van der Waals surface area contributed by atoms with Crippen LogP contribution in [-0.4, -0.2) is 11.7 Å². The van der Waals surface area contributed by atoms with Crippen molar-refractivity contribution in [1.29, 1.82) is 0 Å². The van der Waals surface area contributed by atoms with Gasteiger partial charge in [0.25, 0.3) is 0 Å². The van der Waals surface area contributed by atoms with E-state index in [1.54, 1.807) is 11.1 Å². The standard InChI is InChI=1S/C16H26O/c1-6-11-8-15(3,4)13-7-14-16(5,17-14)9-12(13)10(11)2/h10-11,14H,6-9H2,1-5H3. The molecule has 96 valence electrons. The summed E-state index contributed by atoms with van der Waals surface area (Å²) in [5.41, 5.74) is 4.12. The highest BCUT2D eigenvalue weighted by Gasteiger charge is 2.58. The highest BCUT2D eigenvalue weighted by molar-refractivity contribution is 5.35. The summed E-state index contributed by atoms with van der Waals surface area (Å²) in [5.74, 6) is 1.66. The highest BCUT2D eigenvalue weighted by Crippen LogP contribution is 2.59. The Morgan fingerprint density at radius 1 is 1.29 bits per heavy atom. The minimum Gasteiger partial charge on any atom is -0.366 e. The molecule has 1 aliphatic heterocycles. The van der Waals surface area contributed by atoms with Crippen molar-refractivity contribution >= 4 is 0 Å². The maximum atomic E-state index is 5.93. The van der Waals surface area contributed by atoms with E-state index in [1.165, 1.54) is 25.7 Å². The van der Waals surface area contributed by atoms with Crippen molar-refractivity contribution in [3.05, 3.63) is 11.1 Å². The SMILES string of the molecule is CCC1CC(C)(C)C2=C(CC3(C)OC3C2)C1C. The van der Waals surface area contributed by atoms with Crippen molar-refractivity contribution in [2.75, 3.05) is 0 Å². The van der Waals surface area contributed by atoms with Crippen molar-refractivity contribution in [1.82, 2.24) is 0 Å². The Bertz CT molecular complexity index is 379. The first kappa shape index (κ1) is 11.8. The average Bonchev–Trinajstić information content (AvgIpc) is 2.92. The molecule has 3 rings (SSSR count). The normalized spacial score (nSPS) is 47.5. The van der Waals surface area contributed by atoms with E-state index in [4.69, 9.17) is 4.74 Å². The number of ether oxygens (including phenoxy) is 1. The molecule has 4 unspecified atom stereocenters. The maximum absolute atomic E-state index is 5.93. The van der Waals surface area contributed by atoms with Crippen molar-refractivity contribution in [3.63, 3.8) is 0 Å². The molecular weight excluding hydrogens is 208 g/mol. The van der Waals surface area contributed by atoms with Gasteiger partial charge in [-0.1, -0.05) is 45.3 Å². The number of hydrogen-bond donors (Lipinski definition) is 0. The van der Waals surface area contributed by atoms with Gasteiger partial charge in [0.05, 0.1) is 11.7 Å². The van der Waals surface area contributed by atoms with Crippen LogP contribution in [0.5, 0.6) is 0 Å². The topological polar surface area (TPSA) is 12.5 Å². The van der Waals surface area contributed by atoms with Gasteiger partial charge in [-0.25, -0.2) is 0 Å². The summed E-state index contributed by atoms with van der Waals surface area (Å²) in [4.78, 5) is 0. The zero-order chi connectivity index (χ0) is 12.4. The van der Waals surface area contributed by atoms with Gasteiger partial charge >= 0.3 is 0 Å². The van der Waals surface area contributed by atoms with Gasteiger partial charge in [-0.3, -0.25) is 0 Å². The second-order valence-corrected chi connectivity index (χ2v) is 7.35. The third-order valence-corrected chi connectivity index (χ3v) is 5.72. The second-order valence-electron chi connectivity index (χ2n) is 7.35. The molecule has 1 fully saturated rings. The van der Waals surface area contributed by atoms with Gasteiger partial charge in [0.1, 0.15) is 0 Å². The molecular formula is C16H26O. The van der Waals surface area contributed by atoms with Crippen LogP contribution in [0.3, 0.4) is 0 Å². The minimum absolute atomic E-state index is 0.207. The lowest BCUT2D eigenvalue weighted by Crippen LogP contribution is -2.36. The lowest BCUT2D eigenvalue weighted by molar-refractivity contribution is 0.209. The van der Waals surface area contributed by atoms with Crippen LogP contribution in [0.4, 0.5) is 0 Å². The molecule has 1 heterocycles. The fourth-order valence-electron chi connectivity index (χ4n) is 4.39. The van der Waals surface area contributed by atoms with Gasteiger partial charge in [-0.15, -0.1) is 0 Å². The number of rotatable bonds is 1. The predicted molar refractivity (Wildman–Crippen MR) is 70.9 cm³/mol. The lowest BCUT2D eigenvalue weighted by atomic mass is 9.59. The Hall–Kier alpha value is -0.300. The molecule has 0 aromatic heterocycles. The summed E-state index contributed by atoms with van der Waals surface area (Å²) >= 11 is 0. The Morgan fingerprint density at radius 2 is 2.00 bits per heavy atom. The van der Waals surface area contributed by atoms with E-state index in [0.29, 0.717) is 11.5 Å². The third kappa shape index (κ3) is 1.62. The van der Waals surface area contributed by atoms with Crippen LogP contribution in [0.2, 0.25) is 0 Å². The summed E-state index contributed by atoms with van der Waals surface area (Å²) in [6, 6.07) is 0. The lowest BCUT2D eigenvalue weighted by Gasteiger charge is -2.45. The smallest absolute Gasteiger partial charge is 0.0960 e. The number of epoxide rings is 1. The van der Waals surface area contributed by atoms with Gasteiger partial charge in [-0.05, 0) is 37.0 Å². The van der Waals surface area contributed by atoms with Gasteiger partial charge in [0, 0.05) is 6.42 Å². The summed E-state index contributed by atoms with van der Waals surface area (Å²) in [5, 5.41) is 0. The molecule has 0 amide bonds. The largest absolute Gasteiger partial charge is 0.366 e. The van der Waals surface area contributed by atoms with Crippen molar-refractivity contribution < 1.29 is 4.74 Å². The van der Waals surface area contributed by atoms with Crippen LogP contribution < -0.4 is 0 Å². The quantitative estimate of drug-likeness (QED) is 0.486. The molecule has 0 bridgehead atoms. The summed E-state index contributed by atoms with van der Waals surface area (Å²) in [6.45, 7) is 12.0. The Labute approximate surface area is 106 Å². The molecule has 0 aromatic rings. The van der Waals surface area contributed by atoms with Crippen molar-refractivity contribution in [2.45, 2.75) is 72.0 Å². The van der Waals surface area contributed by atoms with E-state index in [9.17, 15) is 0 Å². The Kier molecular flexibility index (Phi) is 2.34. The van der Waals surface area contributed by atoms with Gasteiger partial charge in [0.15, 0.2) is 0 Å². The fourth-order valence-corrected chi connectivity index (χ4v) is 4.39. The molecule has 4 atom stereocenters. The molecule has 2 aliphatic carbocycles. The van der Waals surface area contributed by atoms with Gasteiger partial charge in [0.2, 0.25) is 0 Å². The van der Waals surface area contributed by atoms with Crippen LogP contribution in [0.15, 0.2) is 11.1 Å². The van der Waals surface area contributed by atoms with Crippen LogP contribution >= 0.6 is 0 Å². The first-order valence-electron chi connectivity index (χ1n) is 7.27. The van der Waals surface area contributed by atoms with Gasteiger partial charge < -0.3 is 4.74 Å². The average molecular weight is 234 g/mol. The fraction of sp³-hybridized carbons (Fsp3) is 0.875. The van der Waals surface area contributed by atoms with Gasteiger partial charge in [-0.2, -0.15) is 0 Å². The van der Waals surface area contributed by atoms with E-state index in [1.807, 2.05) is 0 Å². The van der Waals surface area contributed by atoms with Crippen LogP contribution in [0.25, 0.3) is 0 Å². The Morgan fingerprint density at radius 3 is 2.65 bits per heavy atom. The molecule has 1 nitrogen and oxygen atoms in total. The Balaban J connectivity index is 1.99. The molecule has 1 saturated heterocycles. The van der Waals surface area contributed by atoms with Crippen LogP contribution in [0, 0.1) is 17.3 Å². The molecule has 1 heteroatoms. The predicted octanol–water partition coefficient (Wildman–Crippen LogP) is 4.33. The van der Waals surface area contributed by atoms with Crippen LogP contribution in [-0.2, 0) is 4.74 Å². The molecule has 0 radical (unpaired) electrons. The van der Waals surface area contributed by atoms with E-state index in [0.717, 1.165) is 11.8 Å². The monoisotopic (exact) mass is 234 g/mol. The molecule has 3 aliphatic rings. The minimum atomic E-state index is 0.207. The number of fused-ring (bicyclic) bond motifs is 1. The van der Waals surface area contributed by atoms with E-state index in [-0.39, 0.29) is 5.60 Å². The summed E-state index contributed by atoms with van der Waals surface area (Å²) < 4.78 is 5.93. The molecule has 0 N–H and O–H groups in total. The summed E-state index contributed by atoms with van der Waals surface area (Å²) in [6.07, 6.45) is 5.63. The van der Waals surface area contributed by atoms with E-state index < -0.39 is 0 Å². The zero-order valence-electron chi connectivity index (χ0n) is 12.0. The molecule has 0 aromatic carbocycles. The second kappa shape index (κ2) is 3.38. The number of hydrogen-bond acceptors (Lipinski definition) is 1. The van der Waals surface area contributed by atoms with Crippen molar-refractivity contribution in [3.8, 4) is 0 Å². The maximum Gasteiger partial charge on any atom is 0.0960 e. The molecule has 0 spiro atoms. The summed E-state index contributed by atoms with van der Waals surface area (Å²) in [7, 11) is 0. The van der Waals surface area contributed by atoms with E-state index >= 15 is 0 Å². The molecule has 17 heavy (non-hydrogen) atoms. The first-order chi connectivity index (χ1) is 7.87. The third-order valence-electron chi connectivity index (χ3n) is 5.72. The molecule has 0 saturated carbocycles. The van der Waals surface area contributed by atoms with Crippen LogP contribution in [0.1, 0.15) is 60.3 Å².